The zero-order chi connectivity index (χ0) is 13.8. The van der Waals surface area contributed by atoms with Crippen molar-refractivity contribution in [3.8, 4) is 0 Å². The van der Waals surface area contributed by atoms with Crippen LogP contribution in [0.4, 0.5) is 5.82 Å². The summed E-state index contributed by atoms with van der Waals surface area (Å²) < 4.78 is 0. The predicted octanol–water partition coefficient (Wildman–Crippen LogP) is 1.44. The van der Waals surface area contributed by atoms with Crippen LogP contribution in [0.5, 0.6) is 0 Å². The third-order valence-corrected chi connectivity index (χ3v) is 3.53. The highest BCUT2D eigenvalue weighted by Gasteiger charge is 2.21. The molecule has 0 aliphatic carbocycles. The molecule has 6 heteroatoms. The topological polar surface area (TPSA) is 48.5 Å². The molecule has 0 unspecified atom stereocenters. The van der Waals surface area contributed by atoms with Crippen molar-refractivity contribution in [2.24, 2.45) is 0 Å². The van der Waals surface area contributed by atoms with Crippen LogP contribution in [0, 0.1) is 0 Å². The molecule has 1 saturated heterocycles. The van der Waals surface area contributed by atoms with Crippen LogP contribution in [0.15, 0.2) is 12.1 Å². The molecule has 1 aliphatic rings. The van der Waals surface area contributed by atoms with Crippen molar-refractivity contribution >= 4 is 23.3 Å². The standard InChI is InChI=1S/C13H19ClN4O/c1-3-15-12-5-4-10(14)11(16-12)8-18-7-6-17(2)13(19)9-18/h4-5H,3,6-9H2,1-2H3,(H,15,16). The van der Waals surface area contributed by atoms with Gasteiger partial charge < -0.3 is 10.2 Å². The number of nitrogens with zero attached hydrogens (tertiary/aromatic N) is 3. The SMILES string of the molecule is CCNc1ccc(Cl)c(CN2CCN(C)C(=O)C2)n1. The third kappa shape index (κ3) is 3.58. The lowest BCUT2D eigenvalue weighted by molar-refractivity contribution is -0.134. The van der Waals surface area contributed by atoms with Crippen molar-refractivity contribution in [1.82, 2.24) is 14.8 Å². The molecule has 0 bridgehead atoms. The molecule has 0 atom stereocenters. The van der Waals surface area contributed by atoms with E-state index >= 15 is 0 Å². The lowest BCUT2D eigenvalue weighted by Crippen LogP contribution is -2.48. The fourth-order valence-electron chi connectivity index (χ4n) is 2.03. The van der Waals surface area contributed by atoms with Crippen molar-refractivity contribution < 1.29 is 4.79 Å². The van der Waals surface area contributed by atoms with Gasteiger partial charge in [0.1, 0.15) is 5.82 Å². The minimum Gasteiger partial charge on any atom is -0.370 e. The number of anilines is 1. The van der Waals surface area contributed by atoms with E-state index in [-0.39, 0.29) is 5.91 Å². The number of amides is 1. The van der Waals surface area contributed by atoms with Crippen LogP contribution in [0.2, 0.25) is 5.02 Å². The summed E-state index contributed by atoms with van der Waals surface area (Å²) in [5, 5.41) is 3.81. The van der Waals surface area contributed by atoms with Gasteiger partial charge in [-0.3, -0.25) is 9.69 Å². The Morgan fingerprint density at radius 3 is 2.89 bits per heavy atom. The molecule has 0 saturated carbocycles. The second kappa shape index (κ2) is 6.21. The van der Waals surface area contributed by atoms with E-state index < -0.39 is 0 Å². The van der Waals surface area contributed by atoms with E-state index in [4.69, 9.17) is 11.6 Å². The Bertz CT molecular complexity index is 466. The van der Waals surface area contributed by atoms with Gasteiger partial charge in [0, 0.05) is 33.2 Å². The maximum absolute atomic E-state index is 11.7. The largest absolute Gasteiger partial charge is 0.370 e. The smallest absolute Gasteiger partial charge is 0.236 e. The first kappa shape index (κ1) is 14.1. The van der Waals surface area contributed by atoms with Gasteiger partial charge >= 0.3 is 0 Å². The van der Waals surface area contributed by atoms with Gasteiger partial charge in [-0.15, -0.1) is 0 Å². The third-order valence-electron chi connectivity index (χ3n) is 3.19. The molecule has 19 heavy (non-hydrogen) atoms. The lowest BCUT2D eigenvalue weighted by Gasteiger charge is -2.31. The van der Waals surface area contributed by atoms with E-state index in [2.05, 4.69) is 15.2 Å². The molecule has 0 radical (unpaired) electrons. The molecule has 1 fully saturated rings. The van der Waals surface area contributed by atoms with Crippen LogP contribution in [-0.4, -0.2) is 53.9 Å². The van der Waals surface area contributed by atoms with E-state index in [9.17, 15) is 4.79 Å². The number of hydrogen-bond donors (Lipinski definition) is 1. The van der Waals surface area contributed by atoms with Crippen molar-refractivity contribution in [3.63, 3.8) is 0 Å². The van der Waals surface area contributed by atoms with Crippen LogP contribution >= 0.6 is 11.6 Å². The lowest BCUT2D eigenvalue weighted by atomic mass is 10.2. The Morgan fingerprint density at radius 1 is 1.42 bits per heavy atom. The summed E-state index contributed by atoms with van der Waals surface area (Å²) in [7, 11) is 1.83. The zero-order valence-corrected chi connectivity index (χ0v) is 12.1. The van der Waals surface area contributed by atoms with Gasteiger partial charge in [-0.2, -0.15) is 0 Å². The van der Waals surface area contributed by atoms with E-state index in [0.717, 1.165) is 31.1 Å². The fraction of sp³-hybridized carbons (Fsp3) is 0.538. The first-order valence-electron chi connectivity index (χ1n) is 6.45. The maximum Gasteiger partial charge on any atom is 0.236 e. The van der Waals surface area contributed by atoms with E-state index in [1.807, 2.05) is 26.1 Å². The molecule has 2 rings (SSSR count). The van der Waals surface area contributed by atoms with Crippen LogP contribution in [0.1, 0.15) is 12.6 Å². The van der Waals surface area contributed by atoms with Gasteiger partial charge in [0.2, 0.25) is 5.91 Å². The number of carbonyl (C=O) groups excluding carboxylic acids is 1. The minimum absolute atomic E-state index is 0.144. The Labute approximate surface area is 118 Å². The Kier molecular flexibility index (Phi) is 4.61. The van der Waals surface area contributed by atoms with Gasteiger partial charge in [-0.25, -0.2) is 4.98 Å². The average Bonchev–Trinajstić information content (AvgIpc) is 2.38. The Balaban J connectivity index is 2.06. The number of piperazine rings is 1. The summed E-state index contributed by atoms with van der Waals surface area (Å²) in [5.74, 6) is 0.965. The van der Waals surface area contributed by atoms with Crippen LogP contribution < -0.4 is 5.32 Å². The first-order valence-corrected chi connectivity index (χ1v) is 6.83. The highest BCUT2D eigenvalue weighted by molar-refractivity contribution is 6.31. The number of nitrogens with one attached hydrogen (secondary N) is 1. The number of aromatic nitrogens is 1. The molecular weight excluding hydrogens is 264 g/mol. The molecule has 104 valence electrons. The van der Waals surface area contributed by atoms with Gasteiger partial charge in [-0.05, 0) is 19.1 Å². The molecule has 5 nitrogen and oxygen atoms in total. The molecule has 0 aromatic carbocycles. The normalized spacial score (nSPS) is 16.8. The summed E-state index contributed by atoms with van der Waals surface area (Å²) in [6, 6.07) is 3.71. The van der Waals surface area contributed by atoms with Crippen LogP contribution in [-0.2, 0) is 11.3 Å². The predicted molar refractivity (Wildman–Crippen MR) is 76.3 cm³/mol. The van der Waals surface area contributed by atoms with Gasteiger partial charge in [-0.1, -0.05) is 11.6 Å². The van der Waals surface area contributed by atoms with Crippen molar-refractivity contribution in [1.29, 1.82) is 0 Å². The zero-order valence-electron chi connectivity index (χ0n) is 11.3. The highest BCUT2D eigenvalue weighted by Crippen LogP contribution is 2.19. The Morgan fingerprint density at radius 2 is 2.21 bits per heavy atom. The molecular formula is C13H19ClN4O. The van der Waals surface area contributed by atoms with Crippen LogP contribution in [0.3, 0.4) is 0 Å². The summed E-state index contributed by atoms with van der Waals surface area (Å²) in [6.45, 7) is 5.49. The number of pyridine rings is 1. The molecule has 1 aliphatic heterocycles. The maximum atomic E-state index is 11.7. The average molecular weight is 283 g/mol. The molecule has 2 heterocycles. The highest BCUT2D eigenvalue weighted by atomic mass is 35.5. The number of rotatable bonds is 4. The monoisotopic (exact) mass is 282 g/mol. The summed E-state index contributed by atoms with van der Waals surface area (Å²) in [6.07, 6.45) is 0. The number of halogens is 1. The van der Waals surface area contributed by atoms with E-state index in [0.29, 0.717) is 18.1 Å². The van der Waals surface area contributed by atoms with Gasteiger partial charge in [0.05, 0.1) is 17.3 Å². The quantitative estimate of drug-likeness (QED) is 0.908. The van der Waals surface area contributed by atoms with E-state index in [1.165, 1.54) is 0 Å². The Hall–Kier alpha value is -1.33. The number of carbonyl (C=O) groups is 1. The van der Waals surface area contributed by atoms with E-state index in [1.54, 1.807) is 4.90 Å². The van der Waals surface area contributed by atoms with Crippen LogP contribution in [0.25, 0.3) is 0 Å². The number of hydrogen-bond acceptors (Lipinski definition) is 4. The van der Waals surface area contributed by atoms with Crippen molar-refractivity contribution in [3.05, 3.63) is 22.8 Å². The summed E-state index contributed by atoms with van der Waals surface area (Å²) >= 11 is 6.17. The second-order valence-corrected chi connectivity index (χ2v) is 5.09. The molecule has 1 aromatic rings. The molecule has 1 aromatic heterocycles. The fourth-order valence-corrected chi connectivity index (χ4v) is 2.19. The van der Waals surface area contributed by atoms with Gasteiger partial charge in [0.25, 0.3) is 0 Å². The van der Waals surface area contributed by atoms with Crippen molar-refractivity contribution in [2.75, 3.05) is 38.5 Å². The molecule has 1 amide bonds. The second-order valence-electron chi connectivity index (χ2n) is 4.68. The molecule has 0 spiro atoms. The summed E-state index contributed by atoms with van der Waals surface area (Å²) in [5.41, 5.74) is 0.817. The first-order chi connectivity index (χ1) is 9.10. The van der Waals surface area contributed by atoms with Crippen molar-refractivity contribution in [2.45, 2.75) is 13.5 Å². The summed E-state index contributed by atoms with van der Waals surface area (Å²) in [4.78, 5) is 20.0. The van der Waals surface area contributed by atoms with Gasteiger partial charge in [0.15, 0.2) is 0 Å². The molecule has 1 N–H and O–H groups in total. The minimum atomic E-state index is 0.144. The number of likely N-dealkylation sites (N-methyl/N-ethyl adjacent to an activating group) is 1.